The van der Waals surface area contributed by atoms with Crippen LogP contribution in [-0.4, -0.2) is 23.6 Å². The molecule has 1 aromatic heterocycles. The van der Waals surface area contributed by atoms with E-state index in [0.717, 1.165) is 17.1 Å². The van der Waals surface area contributed by atoms with E-state index < -0.39 is 0 Å². The third-order valence-electron chi connectivity index (χ3n) is 3.04. The molecule has 0 aromatic carbocycles. The molecule has 112 valence electrons. The quantitative estimate of drug-likeness (QED) is 0.722. The average molecular weight is 295 g/mol. The van der Waals surface area contributed by atoms with Gasteiger partial charge in [0.2, 0.25) is 0 Å². The number of hydrogen-bond donors (Lipinski definition) is 0. The summed E-state index contributed by atoms with van der Waals surface area (Å²) in [5, 5.41) is 0.121. The van der Waals surface area contributed by atoms with Crippen LogP contribution in [0, 0.1) is 11.8 Å². The molecule has 0 saturated heterocycles. The number of ketones is 1. The minimum atomic E-state index is 0.0693. The van der Waals surface area contributed by atoms with Crippen LogP contribution in [0.2, 0.25) is 0 Å². The average Bonchev–Trinajstić information content (AvgIpc) is 2.42. The van der Waals surface area contributed by atoms with Crippen molar-refractivity contribution >= 4 is 17.5 Å². The molecule has 1 aromatic rings. The molecule has 1 atom stereocenters. The minimum absolute atomic E-state index is 0.0693. The fraction of sp³-hybridized carbons (Fsp3) is 0.625. The van der Waals surface area contributed by atoms with Crippen molar-refractivity contribution in [3.05, 3.63) is 24.0 Å². The van der Waals surface area contributed by atoms with E-state index in [1.54, 1.807) is 13.3 Å². The summed E-state index contributed by atoms with van der Waals surface area (Å²) in [5.41, 5.74) is 1.02. The lowest BCUT2D eigenvalue weighted by atomic mass is 10.0. The molecule has 0 aliphatic carbocycles. The second-order valence-electron chi connectivity index (χ2n) is 5.66. The summed E-state index contributed by atoms with van der Waals surface area (Å²) < 4.78 is 5.41. The highest BCUT2D eigenvalue weighted by molar-refractivity contribution is 7.99. The maximum Gasteiger partial charge on any atom is 0.136 e. The molecule has 0 fully saturated rings. The van der Waals surface area contributed by atoms with Gasteiger partial charge in [0.1, 0.15) is 11.5 Å². The van der Waals surface area contributed by atoms with Gasteiger partial charge in [-0.3, -0.25) is 9.78 Å². The Morgan fingerprint density at radius 2 is 2.05 bits per heavy atom. The predicted octanol–water partition coefficient (Wildman–Crippen LogP) is 4.14. The number of aromatic nitrogens is 1. The summed E-state index contributed by atoms with van der Waals surface area (Å²) in [6.45, 7) is 8.28. The largest absolute Gasteiger partial charge is 0.496 e. The van der Waals surface area contributed by atoms with Crippen LogP contribution in [0.3, 0.4) is 0 Å². The molecule has 0 N–H and O–H groups in total. The first-order valence-electron chi connectivity index (χ1n) is 7.07. The number of methoxy groups -OCH3 is 1. The zero-order valence-electron chi connectivity index (χ0n) is 13.1. The zero-order chi connectivity index (χ0) is 15.1. The van der Waals surface area contributed by atoms with Gasteiger partial charge < -0.3 is 4.74 Å². The Morgan fingerprint density at radius 1 is 1.35 bits per heavy atom. The summed E-state index contributed by atoms with van der Waals surface area (Å²) in [6.07, 6.45) is 4.08. The van der Waals surface area contributed by atoms with Crippen molar-refractivity contribution in [1.29, 1.82) is 0 Å². The maximum atomic E-state index is 12.1. The molecule has 0 saturated carbocycles. The van der Waals surface area contributed by atoms with E-state index in [0.29, 0.717) is 12.3 Å². The third kappa shape index (κ3) is 5.16. The molecule has 3 nitrogen and oxygen atoms in total. The van der Waals surface area contributed by atoms with Gasteiger partial charge in [-0.15, -0.1) is 0 Å². The van der Waals surface area contributed by atoms with Crippen molar-refractivity contribution in [2.24, 2.45) is 11.8 Å². The van der Waals surface area contributed by atoms with Gasteiger partial charge in [-0.25, -0.2) is 0 Å². The summed E-state index contributed by atoms with van der Waals surface area (Å²) in [7, 11) is 1.66. The van der Waals surface area contributed by atoms with Gasteiger partial charge in [0.05, 0.1) is 7.11 Å². The Morgan fingerprint density at radius 3 is 2.60 bits per heavy atom. The summed E-state index contributed by atoms with van der Waals surface area (Å²) in [4.78, 5) is 16.3. The molecular formula is C16H25NO2S. The number of Topliss-reactive ketones (excluding diaryl/α,β-unsaturated/α-hetero) is 1. The van der Waals surface area contributed by atoms with Crippen molar-refractivity contribution in [2.75, 3.05) is 12.9 Å². The highest BCUT2D eigenvalue weighted by Crippen LogP contribution is 2.38. The van der Waals surface area contributed by atoms with E-state index in [4.69, 9.17) is 4.74 Å². The van der Waals surface area contributed by atoms with Crippen LogP contribution in [-0.2, 0) is 4.79 Å². The van der Waals surface area contributed by atoms with Gasteiger partial charge in [-0.1, -0.05) is 27.7 Å². The van der Waals surface area contributed by atoms with E-state index in [1.807, 2.05) is 37.9 Å². The molecule has 0 aliphatic heterocycles. The number of thioether (sulfide) groups is 1. The first kappa shape index (κ1) is 17.0. The normalized spacial score (nSPS) is 12.8. The van der Waals surface area contributed by atoms with Gasteiger partial charge in [0.25, 0.3) is 0 Å². The number of nitrogens with zero attached hydrogens (tertiary/aromatic N) is 1. The van der Waals surface area contributed by atoms with Crippen LogP contribution < -0.4 is 4.74 Å². The number of hydrogen-bond acceptors (Lipinski definition) is 4. The SMILES string of the molecule is COc1ccncc1C(CC(=O)C(C)C)SCC(C)C. The molecule has 1 unspecified atom stereocenters. The Kier molecular flexibility index (Phi) is 7.06. The molecule has 0 amide bonds. The van der Waals surface area contributed by atoms with E-state index in [9.17, 15) is 4.79 Å². The van der Waals surface area contributed by atoms with Crippen LogP contribution in [0.5, 0.6) is 5.75 Å². The Hall–Kier alpha value is -1.03. The third-order valence-corrected chi connectivity index (χ3v) is 4.72. The first-order chi connectivity index (χ1) is 9.45. The highest BCUT2D eigenvalue weighted by atomic mass is 32.2. The lowest BCUT2D eigenvalue weighted by Gasteiger charge is -2.20. The smallest absolute Gasteiger partial charge is 0.136 e. The standard InChI is InChI=1S/C16H25NO2S/c1-11(2)10-20-16(8-14(18)12(3)4)13-9-17-7-6-15(13)19-5/h6-7,9,11-12,16H,8,10H2,1-5H3. The Balaban J connectivity index is 2.93. The highest BCUT2D eigenvalue weighted by Gasteiger charge is 2.22. The molecule has 1 heterocycles. The zero-order valence-corrected chi connectivity index (χ0v) is 13.9. The Labute approximate surface area is 126 Å². The van der Waals surface area contributed by atoms with Crippen LogP contribution >= 0.6 is 11.8 Å². The lowest BCUT2D eigenvalue weighted by Crippen LogP contribution is -2.12. The van der Waals surface area contributed by atoms with Gasteiger partial charge >= 0.3 is 0 Å². The summed E-state index contributed by atoms with van der Waals surface area (Å²) >= 11 is 1.82. The van der Waals surface area contributed by atoms with Crippen molar-refractivity contribution in [3.63, 3.8) is 0 Å². The first-order valence-corrected chi connectivity index (χ1v) is 8.12. The molecule has 20 heavy (non-hydrogen) atoms. The Bertz CT molecular complexity index is 432. The van der Waals surface area contributed by atoms with Gasteiger partial charge in [0.15, 0.2) is 0 Å². The number of carbonyl (C=O) groups is 1. The predicted molar refractivity (Wildman–Crippen MR) is 85.3 cm³/mol. The van der Waals surface area contributed by atoms with Gasteiger partial charge in [0, 0.05) is 35.5 Å². The fourth-order valence-electron chi connectivity index (χ4n) is 1.81. The van der Waals surface area contributed by atoms with Crippen LogP contribution in [0.25, 0.3) is 0 Å². The monoisotopic (exact) mass is 295 g/mol. The van der Waals surface area contributed by atoms with Crippen molar-refractivity contribution in [3.8, 4) is 5.75 Å². The van der Waals surface area contributed by atoms with E-state index in [-0.39, 0.29) is 17.0 Å². The van der Waals surface area contributed by atoms with E-state index in [1.165, 1.54) is 0 Å². The summed E-state index contributed by atoms with van der Waals surface area (Å²) in [6, 6.07) is 1.86. The molecule has 0 spiro atoms. The number of carbonyl (C=O) groups excluding carboxylic acids is 1. The molecule has 0 radical (unpaired) electrons. The second kappa shape index (κ2) is 8.30. The van der Waals surface area contributed by atoms with Crippen molar-refractivity contribution < 1.29 is 9.53 Å². The van der Waals surface area contributed by atoms with Crippen molar-refractivity contribution in [1.82, 2.24) is 4.98 Å². The number of ether oxygens (including phenoxy) is 1. The fourth-order valence-corrected chi connectivity index (χ4v) is 3.06. The molecule has 0 bridgehead atoms. The lowest BCUT2D eigenvalue weighted by molar-refractivity contribution is -0.121. The van der Waals surface area contributed by atoms with E-state index in [2.05, 4.69) is 18.8 Å². The number of rotatable bonds is 8. The van der Waals surface area contributed by atoms with Crippen molar-refractivity contribution in [2.45, 2.75) is 39.4 Å². The second-order valence-corrected chi connectivity index (χ2v) is 6.89. The topological polar surface area (TPSA) is 39.2 Å². The summed E-state index contributed by atoms with van der Waals surface area (Å²) in [5.74, 6) is 2.79. The van der Waals surface area contributed by atoms with E-state index >= 15 is 0 Å². The van der Waals surface area contributed by atoms with Gasteiger partial charge in [-0.05, 0) is 17.7 Å². The van der Waals surface area contributed by atoms with Crippen LogP contribution in [0.4, 0.5) is 0 Å². The number of pyridine rings is 1. The maximum absolute atomic E-state index is 12.1. The molecule has 0 aliphatic rings. The minimum Gasteiger partial charge on any atom is -0.496 e. The molecular weight excluding hydrogens is 270 g/mol. The molecule has 1 rings (SSSR count). The van der Waals surface area contributed by atoms with Crippen LogP contribution in [0.1, 0.15) is 44.9 Å². The van der Waals surface area contributed by atoms with Gasteiger partial charge in [-0.2, -0.15) is 11.8 Å². The molecule has 4 heteroatoms. The van der Waals surface area contributed by atoms with Crippen LogP contribution in [0.15, 0.2) is 18.5 Å².